The molecule has 0 heterocycles. The first kappa shape index (κ1) is 13.5. The van der Waals surface area contributed by atoms with Gasteiger partial charge in [-0.1, -0.05) is 43.7 Å². The van der Waals surface area contributed by atoms with E-state index in [-0.39, 0.29) is 11.3 Å². The van der Waals surface area contributed by atoms with Crippen molar-refractivity contribution in [2.24, 2.45) is 0 Å². The van der Waals surface area contributed by atoms with Crippen LogP contribution in [0.5, 0.6) is 0 Å². The third kappa shape index (κ3) is 4.41. The van der Waals surface area contributed by atoms with Gasteiger partial charge in [0.2, 0.25) is 0 Å². The summed E-state index contributed by atoms with van der Waals surface area (Å²) < 4.78 is 23.4. The molecule has 0 N–H and O–H groups in total. The molecule has 0 bridgehead atoms. The van der Waals surface area contributed by atoms with Gasteiger partial charge in [0, 0.05) is 5.41 Å². The van der Waals surface area contributed by atoms with Gasteiger partial charge in [0.25, 0.3) is 0 Å². The van der Waals surface area contributed by atoms with Gasteiger partial charge in [0.1, 0.15) is 6.07 Å². The number of rotatable bonds is 5. The van der Waals surface area contributed by atoms with Crippen LogP contribution < -0.4 is 0 Å². The van der Waals surface area contributed by atoms with E-state index in [1.54, 1.807) is 24.3 Å². The van der Waals surface area contributed by atoms with E-state index in [1.807, 2.05) is 19.1 Å². The molecule has 90 valence electrons. The topological polar surface area (TPSA) is 57.9 Å². The maximum atomic E-state index is 11.7. The van der Waals surface area contributed by atoms with E-state index >= 15 is 0 Å². The lowest BCUT2D eigenvalue weighted by Crippen LogP contribution is -2.02. The smallest absolute Gasteiger partial charge is 0.172 e. The molecule has 0 saturated carbocycles. The quantitative estimate of drug-likeness (QED) is 0.754. The van der Waals surface area contributed by atoms with Crippen molar-refractivity contribution in [3.05, 3.63) is 41.3 Å². The van der Waals surface area contributed by atoms with Crippen LogP contribution in [0.3, 0.4) is 0 Å². The zero-order valence-electron chi connectivity index (χ0n) is 9.76. The highest BCUT2D eigenvalue weighted by atomic mass is 32.2. The molecule has 3 nitrogen and oxygen atoms in total. The number of nitrogens with zero attached hydrogens (tertiary/aromatic N) is 1. The second kappa shape index (κ2) is 6.21. The number of sulfone groups is 1. The van der Waals surface area contributed by atoms with Crippen LogP contribution in [-0.4, -0.2) is 14.2 Å². The lowest BCUT2D eigenvalue weighted by atomic mass is 10.1. The standard InChI is InChI=1S/C13H15NO2S/c1-2-3-9-17(15,16)11-13(10-14)12-7-5-4-6-8-12/h4-8,11H,2-3,9H2,1H3/b13-11+. The molecule has 17 heavy (non-hydrogen) atoms. The summed E-state index contributed by atoms with van der Waals surface area (Å²) in [7, 11) is -3.29. The molecule has 4 heteroatoms. The normalized spacial score (nSPS) is 12.1. The fourth-order valence-electron chi connectivity index (χ4n) is 1.36. The molecule has 1 aromatic carbocycles. The lowest BCUT2D eigenvalue weighted by Gasteiger charge is -2.00. The minimum absolute atomic E-state index is 0.0987. The van der Waals surface area contributed by atoms with Crippen LogP contribution in [0.25, 0.3) is 5.57 Å². The third-order valence-electron chi connectivity index (χ3n) is 2.29. The summed E-state index contributed by atoms with van der Waals surface area (Å²) in [5.41, 5.74) is 0.830. The van der Waals surface area contributed by atoms with Gasteiger partial charge in [-0.15, -0.1) is 0 Å². The van der Waals surface area contributed by atoms with Crippen LogP contribution in [0.15, 0.2) is 35.7 Å². The summed E-state index contributed by atoms with van der Waals surface area (Å²) in [5, 5.41) is 10.1. The van der Waals surface area contributed by atoms with E-state index < -0.39 is 9.84 Å². The van der Waals surface area contributed by atoms with Crippen LogP contribution in [0, 0.1) is 11.3 Å². The summed E-state index contributed by atoms with van der Waals surface area (Å²) in [4.78, 5) is 0. The van der Waals surface area contributed by atoms with E-state index in [0.29, 0.717) is 12.0 Å². The van der Waals surface area contributed by atoms with Crippen molar-refractivity contribution in [2.45, 2.75) is 19.8 Å². The molecule has 0 aliphatic heterocycles. The minimum atomic E-state index is -3.29. The molecular formula is C13H15NO2S. The number of allylic oxidation sites excluding steroid dienone is 1. The molecule has 0 amide bonds. The van der Waals surface area contributed by atoms with Crippen LogP contribution >= 0.6 is 0 Å². The van der Waals surface area contributed by atoms with Crippen molar-refractivity contribution >= 4 is 15.4 Å². The first-order valence-electron chi connectivity index (χ1n) is 5.49. The summed E-state index contributed by atoms with van der Waals surface area (Å²) >= 11 is 0. The fraction of sp³-hybridized carbons (Fsp3) is 0.308. The second-order valence-corrected chi connectivity index (χ2v) is 5.70. The van der Waals surface area contributed by atoms with Crippen molar-refractivity contribution in [2.75, 3.05) is 5.75 Å². The van der Waals surface area contributed by atoms with E-state index in [4.69, 9.17) is 5.26 Å². The van der Waals surface area contributed by atoms with Gasteiger partial charge in [-0.25, -0.2) is 8.42 Å². The molecule has 1 aromatic rings. The van der Waals surface area contributed by atoms with Gasteiger partial charge in [0.05, 0.1) is 11.3 Å². The number of unbranched alkanes of at least 4 members (excludes halogenated alkanes) is 1. The van der Waals surface area contributed by atoms with Gasteiger partial charge in [-0.05, 0) is 12.0 Å². The maximum Gasteiger partial charge on any atom is 0.172 e. The molecule has 0 aliphatic rings. The van der Waals surface area contributed by atoms with Crippen LogP contribution in [0.2, 0.25) is 0 Å². The van der Waals surface area contributed by atoms with Crippen molar-refractivity contribution in [3.63, 3.8) is 0 Å². The highest BCUT2D eigenvalue weighted by Crippen LogP contribution is 2.15. The van der Waals surface area contributed by atoms with Crippen LogP contribution in [0.4, 0.5) is 0 Å². The summed E-state index contributed by atoms with van der Waals surface area (Å²) in [6.07, 6.45) is 1.44. The minimum Gasteiger partial charge on any atom is -0.224 e. The average molecular weight is 249 g/mol. The molecule has 0 atom stereocenters. The largest absolute Gasteiger partial charge is 0.224 e. The number of hydrogen-bond acceptors (Lipinski definition) is 3. The predicted octanol–water partition coefficient (Wildman–Crippen LogP) is 2.77. The third-order valence-corrected chi connectivity index (χ3v) is 3.74. The maximum absolute atomic E-state index is 11.7. The number of nitriles is 1. The molecule has 0 aromatic heterocycles. The molecular weight excluding hydrogens is 234 g/mol. The van der Waals surface area contributed by atoms with Crippen LogP contribution in [0.1, 0.15) is 25.3 Å². The van der Waals surface area contributed by atoms with Crippen molar-refractivity contribution < 1.29 is 8.42 Å². The highest BCUT2D eigenvalue weighted by Gasteiger charge is 2.09. The lowest BCUT2D eigenvalue weighted by molar-refractivity contribution is 0.601. The molecule has 0 fully saturated rings. The molecule has 0 unspecified atom stereocenters. The molecule has 1 rings (SSSR count). The summed E-state index contributed by atoms with van der Waals surface area (Å²) in [5.74, 6) is 0.0987. The first-order chi connectivity index (χ1) is 8.09. The first-order valence-corrected chi connectivity index (χ1v) is 7.20. The van der Waals surface area contributed by atoms with Gasteiger partial charge in [-0.2, -0.15) is 5.26 Å². The van der Waals surface area contributed by atoms with Crippen LogP contribution in [-0.2, 0) is 9.84 Å². The Hall–Kier alpha value is -1.60. The van der Waals surface area contributed by atoms with Gasteiger partial charge < -0.3 is 0 Å². The molecule has 0 aliphatic carbocycles. The van der Waals surface area contributed by atoms with E-state index in [9.17, 15) is 8.42 Å². The second-order valence-electron chi connectivity index (χ2n) is 3.73. The van der Waals surface area contributed by atoms with Gasteiger partial charge in [0.15, 0.2) is 9.84 Å². The number of benzene rings is 1. The predicted molar refractivity (Wildman–Crippen MR) is 68.7 cm³/mol. The number of hydrogen-bond donors (Lipinski definition) is 0. The molecule has 0 radical (unpaired) electrons. The van der Waals surface area contributed by atoms with E-state index in [2.05, 4.69) is 0 Å². The zero-order valence-corrected chi connectivity index (χ0v) is 10.6. The Morgan fingerprint density at radius 2 is 2.00 bits per heavy atom. The van der Waals surface area contributed by atoms with Gasteiger partial charge in [-0.3, -0.25) is 0 Å². The fourth-order valence-corrected chi connectivity index (χ4v) is 2.72. The Balaban J connectivity index is 3.01. The van der Waals surface area contributed by atoms with Crippen molar-refractivity contribution in [1.82, 2.24) is 0 Å². The Morgan fingerprint density at radius 1 is 1.35 bits per heavy atom. The summed E-state index contributed by atoms with van der Waals surface area (Å²) in [6, 6.07) is 10.8. The van der Waals surface area contributed by atoms with Gasteiger partial charge >= 0.3 is 0 Å². The van der Waals surface area contributed by atoms with E-state index in [0.717, 1.165) is 11.8 Å². The van der Waals surface area contributed by atoms with E-state index in [1.165, 1.54) is 0 Å². The highest BCUT2D eigenvalue weighted by molar-refractivity contribution is 7.94. The monoisotopic (exact) mass is 249 g/mol. The zero-order chi connectivity index (χ0) is 12.7. The Bertz CT molecular complexity index is 524. The Labute approximate surface area is 102 Å². The summed E-state index contributed by atoms with van der Waals surface area (Å²) in [6.45, 7) is 1.93. The van der Waals surface area contributed by atoms with Crippen molar-refractivity contribution in [1.29, 1.82) is 5.26 Å². The Kier molecular flexibility index (Phi) is 4.92. The Morgan fingerprint density at radius 3 is 2.53 bits per heavy atom. The average Bonchev–Trinajstić information content (AvgIpc) is 2.35. The molecule has 0 spiro atoms. The SMILES string of the molecule is CCCCS(=O)(=O)/C=C(\C#N)c1ccccc1. The molecule has 0 saturated heterocycles. The van der Waals surface area contributed by atoms with Crippen molar-refractivity contribution in [3.8, 4) is 6.07 Å².